The van der Waals surface area contributed by atoms with E-state index in [1.54, 1.807) is 10.6 Å². The van der Waals surface area contributed by atoms with Gasteiger partial charge < -0.3 is 4.42 Å². The van der Waals surface area contributed by atoms with E-state index >= 15 is 0 Å². The minimum Gasteiger partial charge on any atom is -0.457 e. The first-order chi connectivity index (χ1) is 13.2. The van der Waals surface area contributed by atoms with Crippen molar-refractivity contribution in [1.29, 1.82) is 0 Å². The van der Waals surface area contributed by atoms with Crippen molar-refractivity contribution in [3.05, 3.63) is 104 Å². The summed E-state index contributed by atoms with van der Waals surface area (Å²) < 4.78 is 9.03. The van der Waals surface area contributed by atoms with E-state index in [-0.39, 0.29) is 5.56 Å². The fraction of sp³-hybridized carbons (Fsp3) is 0.0870. The van der Waals surface area contributed by atoms with Gasteiger partial charge in [-0.1, -0.05) is 67.2 Å². The van der Waals surface area contributed by atoms with Crippen molar-refractivity contribution in [2.45, 2.75) is 13.0 Å². The van der Waals surface area contributed by atoms with Gasteiger partial charge in [0.2, 0.25) is 0 Å². The Labute approximate surface area is 161 Å². The van der Waals surface area contributed by atoms with Gasteiger partial charge in [0.15, 0.2) is 0 Å². The fourth-order valence-electron chi connectivity index (χ4n) is 2.99. The molecule has 0 unspecified atom stereocenters. The summed E-state index contributed by atoms with van der Waals surface area (Å²) in [5.41, 5.74) is 2.21. The second-order valence-corrected chi connectivity index (χ2v) is 7.38. The van der Waals surface area contributed by atoms with Crippen LogP contribution in [0.1, 0.15) is 11.3 Å². The number of aryl methyl sites for hydroxylation is 1. The van der Waals surface area contributed by atoms with Crippen LogP contribution in [0.2, 0.25) is 0 Å². The van der Waals surface area contributed by atoms with Crippen LogP contribution in [0.5, 0.6) is 0 Å². The maximum absolute atomic E-state index is 12.8. The normalized spacial score (nSPS) is 11.8. The molecular weight excluding hydrogens is 354 g/mol. The van der Waals surface area contributed by atoms with Crippen molar-refractivity contribution in [3.63, 3.8) is 0 Å². The highest BCUT2D eigenvalue weighted by molar-refractivity contribution is 7.07. The number of rotatable bonds is 5. The Morgan fingerprint density at radius 3 is 2.41 bits per heavy atom. The Kier molecular flexibility index (Phi) is 4.90. The van der Waals surface area contributed by atoms with E-state index in [9.17, 15) is 4.79 Å². The third-order valence-corrected chi connectivity index (χ3v) is 5.38. The summed E-state index contributed by atoms with van der Waals surface area (Å²) >= 11 is 1.40. The van der Waals surface area contributed by atoms with E-state index < -0.39 is 0 Å². The summed E-state index contributed by atoms with van der Waals surface area (Å²) in [5, 5.41) is 0. The highest BCUT2D eigenvalue weighted by Gasteiger charge is 2.06. The van der Waals surface area contributed by atoms with E-state index in [0.717, 1.165) is 22.4 Å². The lowest BCUT2D eigenvalue weighted by molar-refractivity contribution is 0.571. The molecule has 2 heterocycles. The van der Waals surface area contributed by atoms with Gasteiger partial charge in [-0.15, -0.1) is 11.3 Å². The van der Waals surface area contributed by atoms with E-state index in [4.69, 9.17) is 4.42 Å². The van der Waals surface area contributed by atoms with Crippen molar-refractivity contribution < 1.29 is 4.42 Å². The molecule has 0 amide bonds. The van der Waals surface area contributed by atoms with Crippen molar-refractivity contribution >= 4 is 24.0 Å². The zero-order valence-corrected chi connectivity index (χ0v) is 15.6. The second-order valence-electron chi connectivity index (χ2n) is 6.26. The Morgan fingerprint density at radius 2 is 1.67 bits per heavy atom. The smallest absolute Gasteiger partial charge is 0.269 e. The van der Waals surface area contributed by atoms with Crippen molar-refractivity contribution in [2.24, 2.45) is 0 Å². The predicted octanol–water partition coefficient (Wildman–Crippen LogP) is 3.65. The number of thiazole rings is 1. The number of hydrogen-bond acceptors (Lipinski definition) is 3. The molecule has 0 spiro atoms. The molecule has 4 rings (SSSR count). The molecule has 0 saturated heterocycles. The average molecular weight is 373 g/mol. The van der Waals surface area contributed by atoms with E-state index in [1.165, 1.54) is 16.9 Å². The molecule has 0 aliphatic carbocycles. The molecule has 0 bridgehead atoms. The molecule has 0 N–H and O–H groups in total. The molecule has 0 saturated carbocycles. The average Bonchev–Trinajstić information content (AvgIpc) is 3.27. The van der Waals surface area contributed by atoms with Crippen LogP contribution in [0.25, 0.3) is 24.0 Å². The van der Waals surface area contributed by atoms with Crippen LogP contribution in [0.4, 0.5) is 0 Å². The van der Waals surface area contributed by atoms with E-state index in [0.29, 0.717) is 16.8 Å². The molecule has 2 aromatic carbocycles. The summed E-state index contributed by atoms with van der Waals surface area (Å²) in [7, 11) is 0. The van der Waals surface area contributed by atoms with Crippen LogP contribution < -0.4 is 14.8 Å². The Morgan fingerprint density at radius 1 is 0.963 bits per heavy atom. The van der Waals surface area contributed by atoms with Gasteiger partial charge >= 0.3 is 0 Å². The third kappa shape index (κ3) is 3.86. The first-order valence-electron chi connectivity index (χ1n) is 8.80. The Hall–Kier alpha value is -3.11. The molecule has 4 heteroatoms. The number of aromatic nitrogens is 1. The SMILES string of the molecule is C=c1s/c(=C\c2ccc(-c3ccccc3)o2)c(=O)n1CCc1ccccc1. The molecular formula is C23H19NO2S. The van der Waals surface area contributed by atoms with Gasteiger partial charge in [-0.2, -0.15) is 0 Å². The predicted molar refractivity (Wildman–Crippen MR) is 111 cm³/mol. The molecule has 0 aliphatic heterocycles. The topological polar surface area (TPSA) is 35.1 Å². The Balaban J connectivity index is 1.61. The van der Waals surface area contributed by atoms with Gasteiger partial charge in [0.1, 0.15) is 11.5 Å². The van der Waals surface area contributed by atoms with Crippen molar-refractivity contribution in [1.82, 2.24) is 4.57 Å². The van der Waals surface area contributed by atoms with Gasteiger partial charge in [-0.3, -0.25) is 9.36 Å². The third-order valence-electron chi connectivity index (χ3n) is 4.41. The van der Waals surface area contributed by atoms with Gasteiger partial charge in [0, 0.05) is 18.2 Å². The standard InChI is InChI=1S/C23H19NO2S/c1-17-24(15-14-18-8-4-2-5-9-18)23(25)22(27-17)16-20-12-13-21(26-20)19-10-6-3-7-11-19/h2-13,16H,1,14-15H2/b22-16-. The molecule has 27 heavy (non-hydrogen) atoms. The highest BCUT2D eigenvalue weighted by Crippen LogP contribution is 2.21. The molecule has 4 aromatic rings. The molecule has 3 nitrogen and oxygen atoms in total. The van der Waals surface area contributed by atoms with E-state index in [1.807, 2.05) is 60.7 Å². The molecule has 134 valence electrons. The van der Waals surface area contributed by atoms with Gasteiger partial charge in [-0.05, 0) is 24.1 Å². The summed E-state index contributed by atoms with van der Waals surface area (Å²) in [6.07, 6.45) is 2.60. The van der Waals surface area contributed by atoms with Crippen LogP contribution in [-0.4, -0.2) is 4.57 Å². The maximum Gasteiger partial charge on any atom is 0.269 e. The van der Waals surface area contributed by atoms with Crippen molar-refractivity contribution in [2.75, 3.05) is 0 Å². The summed E-state index contributed by atoms with van der Waals surface area (Å²) in [5.74, 6) is 1.46. The van der Waals surface area contributed by atoms with Gasteiger partial charge in [0.05, 0.1) is 9.20 Å². The van der Waals surface area contributed by atoms with Crippen LogP contribution >= 0.6 is 11.3 Å². The number of nitrogens with zero attached hydrogens (tertiary/aromatic N) is 1. The highest BCUT2D eigenvalue weighted by atomic mass is 32.1. The first kappa shape index (κ1) is 17.3. The minimum atomic E-state index is -0.0152. The van der Waals surface area contributed by atoms with Crippen LogP contribution in [0.15, 0.2) is 82.0 Å². The second kappa shape index (κ2) is 7.64. The van der Waals surface area contributed by atoms with Crippen LogP contribution in [0, 0.1) is 0 Å². The number of benzene rings is 2. The molecule has 0 fully saturated rings. The quantitative estimate of drug-likeness (QED) is 0.535. The monoisotopic (exact) mass is 373 g/mol. The minimum absolute atomic E-state index is 0.0152. The summed E-state index contributed by atoms with van der Waals surface area (Å²) in [4.78, 5) is 12.8. The van der Waals surface area contributed by atoms with E-state index in [2.05, 4.69) is 18.7 Å². The van der Waals surface area contributed by atoms with Crippen molar-refractivity contribution in [3.8, 4) is 11.3 Å². The zero-order valence-electron chi connectivity index (χ0n) is 14.8. The fourth-order valence-corrected chi connectivity index (χ4v) is 3.90. The number of furan rings is 1. The summed E-state index contributed by atoms with van der Waals surface area (Å²) in [6.45, 7) is 4.66. The maximum atomic E-state index is 12.8. The number of hydrogen-bond donors (Lipinski definition) is 0. The molecule has 0 aliphatic rings. The zero-order chi connectivity index (χ0) is 18.6. The molecule has 2 aromatic heterocycles. The Bertz CT molecular complexity index is 1200. The van der Waals surface area contributed by atoms with Crippen LogP contribution in [-0.2, 0) is 13.0 Å². The largest absolute Gasteiger partial charge is 0.457 e. The lowest BCUT2D eigenvalue weighted by atomic mass is 10.1. The summed E-state index contributed by atoms with van der Waals surface area (Å²) in [6, 6.07) is 23.9. The van der Waals surface area contributed by atoms with Crippen LogP contribution in [0.3, 0.4) is 0 Å². The first-order valence-corrected chi connectivity index (χ1v) is 9.62. The van der Waals surface area contributed by atoms with Gasteiger partial charge in [0.25, 0.3) is 5.56 Å². The molecule has 0 atom stereocenters. The molecule has 0 radical (unpaired) electrons. The lowest BCUT2D eigenvalue weighted by Crippen LogP contribution is -2.31. The van der Waals surface area contributed by atoms with Gasteiger partial charge in [-0.25, -0.2) is 0 Å². The lowest BCUT2D eigenvalue weighted by Gasteiger charge is -2.02.